The Labute approximate surface area is 180 Å². The van der Waals surface area contributed by atoms with Crippen LogP contribution in [0.4, 0.5) is 0 Å². The summed E-state index contributed by atoms with van der Waals surface area (Å²) in [6, 6.07) is 13.6. The molecule has 3 heterocycles. The van der Waals surface area contributed by atoms with Gasteiger partial charge < -0.3 is 4.90 Å². The van der Waals surface area contributed by atoms with Crippen molar-refractivity contribution in [2.45, 2.75) is 64.0 Å². The van der Waals surface area contributed by atoms with Crippen molar-refractivity contribution in [1.29, 1.82) is 0 Å². The summed E-state index contributed by atoms with van der Waals surface area (Å²) in [6.45, 7) is 5.01. The monoisotopic (exact) mass is 403 g/mol. The minimum Gasteiger partial charge on any atom is -0.339 e. The normalized spacial score (nSPS) is 24.6. The molecule has 1 aromatic heterocycles. The van der Waals surface area contributed by atoms with Gasteiger partial charge in [0.05, 0.1) is 0 Å². The van der Waals surface area contributed by atoms with Gasteiger partial charge in [0.25, 0.3) is 5.91 Å². The van der Waals surface area contributed by atoms with Gasteiger partial charge in [0.1, 0.15) is 0 Å². The Morgan fingerprint density at radius 1 is 1.03 bits per heavy atom. The van der Waals surface area contributed by atoms with Gasteiger partial charge in [-0.25, -0.2) is 0 Å². The van der Waals surface area contributed by atoms with Crippen molar-refractivity contribution in [3.8, 4) is 0 Å². The number of likely N-dealkylation sites (tertiary alicyclic amines) is 2. The standard InChI is InChI=1S/C26H33N3O/c1-20-6-5-7-22(18-20)25(30)28-16-10-23(11-17-28)29-19-26(12-3-2-4-13-26)24(29)21-8-14-27-15-9-21/h5-9,14-15,18,23-24H,2-4,10-13,16-17,19H2,1H3. The van der Waals surface area contributed by atoms with E-state index in [9.17, 15) is 4.79 Å². The summed E-state index contributed by atoms with van der Waals surface area (Å²) in [6.07, 6.45) is 12.9. The molecule has 1 aromatic carbocycles. The lowest BCUT2D eigenvalue weighted by molar-refractivity contribution is -0.132. The van der Waals surface area contributed by atoms with Crippen LogP contribution in [0.2, 0.25) is 0 Å². The van der Waals surface area contributed by atoms with Crippen molar-refractivity contribution < 1.29 is 4.79 Å². The number of benzene rings is 1. The number of piperidine rings is 1. The average molecular weight is 404 g/mol. The van der Waals surface area contributed by atoms with Gasteiger partial charge in [-0.2, -0.15) is 0 Å². The molecule has 0 N–H and O–H groups in total. The molecular formula is C26H33N3O. The summed E-state index contributed by atoms with van der Waals surface area (Å²) in [7, 11) is 0. The van der Waals surface area contributed by atoms with Crippen molar-refractivity contribution in [2.75, 3.05) is 19.6 Å². The van der Waals surface area contributed by atoms with Gasteiger partial charge in [-0.05, 0) is 62.4 Å². The van der Waals surface area contributed by atoms with Crippen LogP contribution in [0.3, 0.4) is 0 Å². The molecule has 158 valence electrons. The van der Waals surface area contributed by atoms with E-state index in [4.69, 9.17) is 0 Å². The van der Waals surface area contributed by atoms with E-state index in [1.165, 1.54) is 44.2 Å². The smallest absolute Gasteiger partial charge is 0.253 e. The van der Waals surface area contributed by atoms with E-state index in [1.54, 1.807) is 0 Å². The number of carbonyl (C=O) groups excluding carboxylic acids is 1. The van der Waals surface area contributed by atoms with Gasteiger partial charge in [-0.1, -0.05) is 37.0 Å². The average Bonchev–Trinajstić information content (AvgIpc) is 2.79. The summed E-state index contributed by atoms with van der Waals surface area (Å²) in [5.74, 6) is 0.190. The first-order valence-electron chi connectivity index (χ1n) is 11.7. The summed E-state index contributed by atoms with van der Waals surface area (Å²) < 4.78 is 0. The first kappa shape index (κ1) is 19.7. The van der Waals surface area contributed by atoms with Crippen LogP contribution in [0.25, 0.3) is 0 Å². The van der Waals surface area contributed by atoms with Gasteiger partial charge in [0.2, 0.25) is 0 Å². The molecule has 2 aliphatic heterocycles. The van der Waals surface area contributed by atoms with Gasteiger partial charge >= 0.3 is 0 Å². The zero-order valence-corrected chi connectivity index (χ0v) is 18.1. The third-order valence-electron chi connectivity index (χ3n) is 7.77. The lowest BCUT2D eigenvalue weighted by Gasteiger charge is -2.63. The molecule has 2 saturated heterocycles. The largest absolute Gasteiger partial charge is 0.339 e. The van der Waals surface area contributed by atoms with E-state index in [-0.39, 0.29) is 5.91 Å². The van der Waals surface area contributed by atoms with E-state index < -0.39 is 0 Å². The molecule has 3 fully saturated rings. The highest BCUT2D eigenvalue weighted by atomic mass is 16.2. The number of aryl methyl sites for hydroxylation is 1. The zero-order chi connectivity index (χ0) is 20.6. The number of carbonyl (C=O) groups is 1. The van der Waals surface area contributed by atoms with Crippen molar-refractivity contribution in [3.63, 3.8) is 0 Å². The molecule has 4 heteroatoms. The SMILES string of the molecule is Cc1cccc(C(=O)N2CCC(N3CC4(CCCCC4)C3c3ccncc3)CC2)c1. The third-order valence-corrected chi connectivity index (χ3v) is 7.77. The predicted octanol–water partition coefficient (Wildman–Crippen LogP) is 5.00. The number of hydrogen-bond donors (Lipinski definition) is 0. The molecule has 1 saturated carbocycles. The second kappa shape index (κ2) is 8.14. The maximum atomic E-state index is 12.9. The molecule has 1 aliphatic carbocycles. The van der Waals surface area contributed by atoms with Crippen LogP contribution in [-0.4, -0.2) is 46.4 Å². The quantitative estimate of drug-likeness (QED) is 0.723. The highest BCUT2D eigenvalue weighted by Crippen LogP contribution is 2.58. The second-order valence-electron chi connectivity index (χ2n) is 9.67. The van der Waals surface area contributed by atoms with Gasteiger partial charge in [-0.3, -0.25) is 14.7 Å². The second-order valence-corrected chi connectivity index (χ2v) is 9.67. The van der Waals surface area contributed by atoms with Crippen molar-refractivity contribution in [2.24, 2.45) is 5.41 Å². The Hall–Kier alpha value is -2.20. The molecule has 1 unspecified atom stereocenters. The molecule has 1 spiro atoms. The molecule has 0 radical (unpaired) electrons. The molecule has 4 nitrogen and oxygen atoms in total. The lowest BCUT2D eigenvalue weighted by Crippen LogP contribution is -2.63. The minimum absolute atomic E-state index is 0.190. The minimum atomic E-state index is 0.190. The third kappa shape index (κ3) is 3.56. The highest BCUT2D eigenvalue weighted by Gasteiger charge is 2.55. The number of pyridine rings is 1. The van der Waals surface area contributed by atoms with Crippen LogP contribution >= 0.6 is 0 Å². The van der Waals surface area contributed by atoms with E-state index in [2.05, 4.69) is 26.9 Å². The fourth-order valence-electron chi connectivity index (χ4n) is 6.26. The fraction of sp³-hybridized carbons (Fsp3) is 0.538. The first-order valence-corrected chi connectivity index (χ1v) is 11.7. The Kier molecular flexibility index (Phi) is 5.36. The maximum Gasteiger partial charge on any atom is 0.253 e. The van der Waals surface area contributed by atoms with Crippen LogP contribution in [0, 0.1) is 12.3 Å². The van der Waals surface area contributed by atoms with Crippen molar-refractivity contribution in [1.82, 2.24) is 14.8 Å². The van der Waals surface area contributed by atoms with E-state index >= 15 is 0 Å². The van der Waals surface area contributed by atoms with Crippen LogP contribution in [0.5, 0.6) is 0 Å². The van der Waals surface area contributed by atoms with E-state index in [0.717, 1.165) is 37.1 Å². The number of amides is 1. The van der Waals surface area contributed by atoms with Crippen LogP contribution < -0.4 is 0 Å². The van der Waals surface area contributed by atoms with Gasteiger partial charge in [0.15, 0.2) is 0 Å². The van der Waals surface area contributed by atoms with Gasteiger partial charge in [-0.15, -0.1) is 0 Å². The lowest BCUT2D eigenvalue weighted by atomic mass is 9.60. The van der Waals surface area contributed by atoms with Crippen molar-refractivity contribution in [3.05, 3.63) is 65.5 Å². The fourth-order valence-corrected chi connectivity index (χ4v) is 6.26. The number of hydrogen-bond acceptors (Lipinski definition) is 3. The Bertz CT molecular complexity index is 882. The number of aromatic nitrogens is 1. The Balaban J connectivity index is 1.28. The zero-order valence-electron chi connectivity index (χ0n) is 18.1. The summed E-state index contributed by atoms with van der Waals surface area (Å²) in [5, 5.41) is 0. The topological polar surface area (TPSA) is 36.4 Å². The molecule has 2 aromatic rings. The molecule has 1 atom stereocenters. The summed E-state index contributed by atoms with van der Waals surface area (Å²) in [4.78, 5) is 22.0. The van der Waals surface area contributed by atoms with E-state index in [1.807, 2.05) is 43.6 Å². The molecule has 5 rings (SSSR count). The maximum absolute atomic E-state index is 12.9. The first-order chi connectivity index (χ1) is 14.7. The molecule has 3 aliphatic rings. The van der Waals surface area contributed by atoms with Crippen LogP contribution in [-0.2, 0) is 0 Å². The van der Waals surface area contributed by atoms with Crippen molar-refractivity contribution >= 4 is 5.91 Å². The van der Waals surface area contributed by atoms with E-state index in [0.29, 0.717) is 17.5 Å². The molecule has 30 heavy (non-hydrogen) atoms. The Morgan fingerprint density at radius 3 is 2.47 bits per heavy atom. The number of rotatable bonds is 3. The van der Waals surface area contributed by atoms with Gasteiger partial charge in [0, 0.05) is 55.1 Å². The van der Waals surface area contributed by atoms with Crippen LogP contribution in [0.1, 0.15) is 72.5 Å². The summed E-state index contributed by atoms with van der Waals surface area (Å²) >= 11 is 0. The molecular weight excluding hydrogens is 370 g/mol. The predicted molar refractivity (Wildman–Crippen MR) is 119 cm³/mol. The van der Waals surface area contributed by atoms with Crippen LogP contribution in [0.15, 0.2) is 48.8 Å². The number of nitrogens with zero attached hydrogens (tertiary/aromatic N) is 3. The molecule has 1 amide bonds. The highest BCUT2D eigenvalue weighted by molar-refractivity contribution is 5.94. The molecule has 0 bridgehead atoms. The summed E-state index contributed by atoms with van der Waals surface area (Å²) in [5.41, 5.74) is 3.88. The Morgan fingerprint density at radius 2 is 1.77 bits per heavy atom.